The van der Waals surface area contributed by atoms with E-state index >= 15 is 0 Å². The van der Waals surface area contributed by atoms with Crippen molar-refractivity contribution in [3.05, 3.63) is 71.7 Å². The molecule has 2 N–H and O–H groups in total. The van der Waals surface area contributed by atoms with Crippen molar-refractivity contribution in [1.82, 2.24) is 20.4 Å². The highest BCUT2D eigenvalue weighted by atomic mass is 19.4. The van der Waals surface area contributed by atoms with Crippen molar-refractivity contribution < 1.29 is 31.9 Å². The molecule has 0 radical (unpaired) electrons. The van der Waals surface area contributed by atoms with Crippen molar-refractivity contribution >= 4 is 11.8 Å². The summed E-state index contributed by atoms with van der Waals surface area (Å²) >= 11 is 0. The summed E-state index contributed by atoms with van der Waals surface area (Å²) in [5.74, 6) is -0.734. The zero-order valence-electron chi connectivity index (χ0n) is 23.1. The fraction of sp³-hybridized carbons (Fsp3) is 0.452. The monoisotopic (exact) mass is 586 g/mol. The molecule has 7 nitrogen and oxygen atoms in total. The van der Waals surface area contributed by atoms with Crippen molar-refractivity contribution in [3.8, 4) is 17.0 Å². The van der Waals surface area contributed by atoms with Gasteiger partial charge in [0.25, 0.3) is 5.91 Å². The van der Waals surface area contributed by atoms with Gasteiger partial charge in [-0.1, -0.05) is 31.0 Å². The molecule has 224 valence electrons. The minimum atomic E-state index is -4.58. The number of ether oxygens (including phenoxy) is 1. The third kappa shape index (κ3) is 7.30. The number of aromatic nitrogens is 2. The lowest BCUT2D eigenvalue weighted by atomic mass is 9.93. The van der Waals surface area contributed by atoms with Crippen LogP contribution in [0.4, 0.5) is 17.6 Å². The van der Waals surface area contributed by atoms with Crippen LogP contribution in [0.25, 0.3) is 11.3 Å². The first-order chi connectivity index (χ1) is 20.2. The number of benzene rings is 2. The third-order valence-electron chi connectivity index (χ3n) is 7.93. The van der Waals surface area contributed by atoms with Gasteiger partial charge in [0.1, 0.15) is 11.6 Å². The highest BCUT2D eigenvalue weighted by Crippen LogP contribution is 2.40. The van der Waals surface area contributed by atoms with Crippen LogP contribution in [0.5, 0.6) is 5.75 Å². The van der Waals surface area contributed by atoms with Crippen LogP contribution >= 0.6 is 0 Å². The van der Waals surface area contributed by atoms with Crippen molar-refractivity contribution in [2.24, 2.45) is 0 Å². The summed E-state index contributed by atoms with van der Waals surface area (Å²) in [6, 6.07) is 11.6. The van der Waals surface area contributed by atoms with Crippen molar-refractivity contribution in [1.29, 1.82) is 0 Å². The summed E-state index contributed by atoms with van der Waals surface area (Å²) in [6.07, 6.45) is 1.96. The number of halogens is 4. The van der Waals surface area contributed by atoms with E-state index in [2.05, 4.69) is 15.7 Å². The smallest absolute Gasteiger partial charge is 0.417 e. The number of nitrogens with one attached hydrogen (secondary N) is 2. The van der Waals surface area contributed by atoms with Gasteiger partial charge < -0.3 is 15.4 Å². The van der Waals surface area contributed by atoms with E-state index in [9.17, 15) is 27.2 Å². The van der Waals surface area contributed by atoms with Crippen molar-refractivity contribution in [2.45, 2.75) is 82.1 Å². The quantitative estimate of drug-likeness (QED) is 0.253. The second-order valence-electron chi connectivity index (χ2n) is 11.0. The molecule has 2 amide bonds. The molecule has 2 fully saturated rings. The molecule has 1 aromatic heterocycles. The minimum Gasteiger partial charge on any atom is -0.494 e. The molecular weight excluding hydrogens is 552 g/mol. The van der Waals surface area contributed by atoms with E-state index in [1.54, 1.807) is 4.68 Å². The molecular formula is C31H34F4N4O3. The number of alkyl halides is 3. The fourth-order valence-electron chi connectivity index (χ4n) is 5.48. The fourth-order valence-corrected chi connectivity index (χ4v) is 5.48. The summed E-state index contributed by atoms with van der Waals surface area (Å²) in [5.41, 5.74) is -0.608. The first-order valence-electron chi connectivity index (χ1n) is 14.4. The maximum atomic E-state index is 13.9. The van der Waals surface area contributed by atoms with Gasteiger partial charge in [-0.2, -0.15) is 18.3 Å². The van der Waals surface area contributed by atoms with Crippen molar-refractivity contribution in [3.63, 3.8) is 0 Å². The standard InChI is InChI=1S/C31H34F4N4O3/c32-20-12-14-24(15-13-20)42-17-16-22(18-29(40)36-21-6-5-7-21)37-30(41)27-19-28(39(38-27)23-8-1-2-9-23)25-10-3-4-11-26(25)31(33,34)35/h3-4,10-15,19,21-23H,1-2,5-9,16-18H2,(H,36,40)(H,37,41)/t22-/m0/s1. The molecule has 2 saturated carbocycles. The first-order valence-corrected chi connectivity index (χ1v) is 14.4. The molecule has 0 aliphatic heterocycles. The number of hydrogen-bond donors (Lipinski definition) is 2. The second-order valence-corrected chi connectivity index (χ2v) is 11.0. The Morgan fingerprint density at radius 1 is 1.00 bits per heavy atom. The Morgan fingerprint density at radius 3 is 2.38 bits per heavy atom. The van der Waals surface area contributed by atoms with Crippen LogP contribution < -0.4 is 15.4 Å². The largest absolute Gasteiger partial charge is 0.494 e. The molecule has 2 aliphatic carbocycles. The average molecular weight is 587 g/mol. The Balaban J connectivity index is 1.36. The Kier molecular flexibility index (Phi) is 9.13. The molecule has 2 aliphatic rings. The van der Waals surface area contributed by atoms with Crippen LogP contribution in [0.15, 0.2) is 54.6 Å². The molecule has 5 rings (SSSR count). The zero-order valence-corrected chi connectivity index (χ0v) is 23.1. The van der Waals surface area contributed by atoms with E-state index in [-0.39, 0.29) is 54.4 Å². The van der Waals surface area contributed by atoms with Crippen LogP contribution in [-0.4, -0.2) is 40.3 Å². The Labute approximate surface area is 241 Å². The van der Waals surface area contributed by atoms with Gasteiger partial charge in [-0.3, -0.25) is 14.3 Å². The van der Waals surface area contributed by atoms with Crippen LogP contribution in [0.2, 0.25) is 0 Å². The van der Waals surface area contributed by atoms with Crippen LogP contribution in [0.1, 0.15) is 79.9 Å². The summed E-state index contributed by atoms with van der Waals surface area (Å²) in [4.78, 5) is 26.2. The molecule has 2 aromatic carbocycles. The van der Waals surface area contributed by atoms with Gasteiger partial charge in [0.15, 0.2) is 5.69 Å². The van der Waals surface area contributed by atoms with Crippen LogP contribution in [-0.2, 0) is 11.0 Å². The van der Waals surface area contributed by atoms with Crippen molar-refractivity contribution in [2.75, 3.05) is 6.61 Å². The molecule has 1 heterocycles. The van der Waals surface area contributed by atoms with E-state index in [1.807, 2.05) is 0 Å². The molecule has 11 heteroatoms. The van der Waals surface area contributed by atoms with E-state index in [0.29, 0.717) is 5.75 Å². The number of carbonyl (C=O) groups excluding carboxylic acids is 2. The summed E-state index contributed by atoms with van der Waals surface area (Å²) in [5, 5.41) is 10.3. The topological polar surface area (TPSA) is 85.2 Å². The van der Waals surface area contributed by atoms with Crippen LogP contribution in [0, 0.1) is 5.82 Å². The first kappa shape index (κ1) is 29.6. The molecule has 3 aromatic rings. The van der Waals surface area contributed by atoms with E-state index < -0.39 is 29.5 Å². The Bertz CT molecular complexity index is 1380. The normalized spacial score (nSPS) is 16.6. The number of carbonyl (C=O) groups is 2. The highest BCUT2D eigenvalue weighted by molar-refractivity contribution is 5.94. The lowest BCUT2D eigenvalue weighted by Crippen LogP contribution is -2.44. The predicted molar refractivity (Wildman–Crippen MR) is 148 cm³/mol. The lowest BCUT2D eigenvalue weighted by molar-refractivity contribution is -0.137. The summed E-state index contributed by atoms with van der Waals surface area (Å²) in [7, 11) is 0. The maximum Gasteiger partial charge on any atom is 0.417 e. The minimum absolute atomic E-state index is 0.00210. The van der Waals surface area contributed by atoms with Gasteiger partial charge in [-0.15, -0.1) is 0 Å². The van der Waals surface area contributed by atoms with Crippen LogP contribution in [0.3, 0.4) is 0 Å². The van der Waals surface area contributed by atoms with Gasteiger partial charge in [-0.05, 0) is 68.5 Å². The van der Waals surface area contributed by atoms with Gasteiger partial charge in [-0.25, -0.2) is 4.39 Å². The molecule has 0 bridgehead atoms. The summed E-state index contributed by atoms with van der Waals surface area (Å²) in [6.45, 7) is 0.147. The van der Waals surface area contributed by atoms with Gasteiger partial charge in [0.2, 0.25) is 5.91 Å². The SMILES string of the molecule is O=C(C[C@H](CCOc1ccc(F)cc1)NC(=O)c1cc(-c2ccccc2C(F)(F)F)n(C2CCCC2)n1)NC1CCC1. The second kappa shape index (κ2) is 13.0. The molecule has 0 spiro atoms. The third-order valence-corrected chi connectivity index (χ3v) is 7.93. The van der Waals surface area contributed by atoms with Gasteiger partial charge in [0, 0.05) is 30.5 Å². The molecule has 1 atom stereocenters. The number of nitrogens with zero attached hydrogens (tertiary/aromatic N) is 2. The predicted octanol–water partition coefficient (Wildman–Crippen LogP) is 6.45. The van der Waals surface area contributed by atoms with E-state index in [1.165, 1.54) is 48.5 Å². The molecule has 42 heavy (non-hydrogen) atoms. The number of hydrogen-bond acceptors (Lipinski definition) is 4. The maximum absolute atomic E-state index is 13.9. The van der Waals surface area contributed by atoms with E-state index in [4.69, 9.17) is 4.74 Å². The van der Waals surface area contributed by atoms with Gasteiger partial charge >= 0.3 is 6.18 Å². The summed E-state index contributed by atoms with van der Waals surface area (Å²) < 4.78 is 62.2. The number of amides is 2. The molecule has 0 unspecified atom stereocenters. The lowest BCUT2D eigenvalue weighted by Gasteiger charge is -2.27. The van der Waals surface area contributed by atoms with E-state index in [0.717, 1.165) is 51.0 Å². The average Bonchev–Trinajstić information content (AvgIpc) is 3.62. The molecule has 0 saturated heterocycles. The Hall–Kier alpha value is -3.89. The highest BCUT2D eigenvalue weighted by Gasteiger charge is 2.35. The Morgan fingerprint density at radius 2 is 1.71 bits per heavy atom. The number of rotatable bonds is 11. The van der Waals surface area contributed by atoms with Gasteiger partial charge in [0.05, 0.1) is 23.9 Å². The zero-order chi connectivity index (χ0) is 29.7.